The summed E-state index contributed by atoms with van der Waals surface area (Å²) in [4.78, 5) is 16.8. The van der Waals surface area contributed by atoms with E-state index in [1.165, 1.54) is 24.5 Å². The molecule has 9 heteroatoms. The summed E-state index contributed by atoms with van der Waals surface area (Å²) >= 11 is 12.2. The standard InChI is InChI=1S/C18H15Cl2NO6/c19-12-6-21-7-13(20)11(12)5-15(23)10-1-2-14(22)17-16(10)24-8-18(9-25-17)26-3-4-27-18/h1-2,6-7,22H,3-5,8-9H2. The lowest BCUT2D eigenvalue weighted by Gasteiger charge is -2.23. The molecule has 0 bridgehead atoms. The molecule has 2 aliphatic heterocycles. The van der Waals surface area contributed by atoms with Crippen molar-refractivity contribution in [3.05, 3.63) is 45.7 Å². The van der Waals surface area contributed by atoms with Crippen LogP contribution in [0.25, 0.3) is 0 Å². The molecule has 0 unspecified atom stereocenters. The average Bonchev–Trinajstić information content (AvgIpc) is 3.02. The van der Waals surface area contributed by atoms with Gasteiger partial charge in [-0.25, -0.2) is 0 Å². The summed E-state index contributed by atoms with van der Waals surface area (Å²) in [5.74, 6) is -1.28. The minimum absolute atomic E-state index is 0.0283. The van der Waals surface area contributed by atoms with Crippen molar-refractivity contribution in [2.45, 2.75) is 12.2 Å². The largest absolute Gasteiger partial charge is 0.504 e. The number of phenolic OH excluding ortho intramolecular Hbond substituents is 1. The molecular formula is C18H15Cl2NO6. The normalized spacial score (nSPS) is 17.7. The number of pyridine rings is 1. The van der Waals surface area contributed by atoms with Crippen molar-refractivity contribution in [2.75, 3.05) is 26.4 Å². The van der Waals surface area contributed by atoms with Gasteiger partial charge in [-0.15, -0.1) is 0 Å². The Bertz CT molecular complexity index is 877. The summed E-state index contributed by atoms with van der Waals surface area (Å²) in [6, 6.07) is 2.84. The Labute approximate surface area is 164 Å². The predicted octanol–water partition coefficient (Wildman–Crippen LogP) is 3.03. The molecule has 0 amide bonds. The van der Waals surface area contributed by atoms with E-state index in [1.54, 1.807) is 0 Å². The highest BCUT2D eigenvalue weighted by molar-refractivity contribution is 6.36. The van der Waals surface area contributed by atoms with Crippen LogP contribution in [-0.2, 0) is 15.9 Å². The van der Waals surface area contributed by atoms with Crippen molar-refractivity contribution in [3.8, 4) is 17.2 Å². The van der Waals surface area contributed by atoms with Gasteiger partial charge < -0.3 is 24.1 Å². The van der Waals surface area contributed by atoms with Gasteiger partial charge in [-0.3, -0.25) is 9.78 Å². The van der Waals surface area contributed by atoms with Gasteiger partial charge >= 0.3 is 0 Å². The first-order valence-electron chi connectivity index (χ1n) is 8.20. The highest BCUT2D eigenvalue weighted by Crippen LogP contribution is 2.43. The Kier molecular flexibility index (Phi) is 4.86. The van der Waals surface area contributed by atoms with Crippen LogP contribution in [0.2, 0.25) is 10.0 Å². The number of Topliss-reactive ketones (excluding diaryl/α,β-unsaturated/α-hetero) is 1. The Hall–Kier alpha value is -2.06. The third-order valence-corrected chi connectivity index (χ3v) is 5.02. The topological polar surface area (TPSA) is 87.1 Å². The number of fused-ring (bicyclic) bond motifs is 1. The summed E-state index contributed by atoms with van der Waals surface area (Å²) in [5, 5.41) is 10.7. The predicted molar refractivity (Wildman–Crippen MR) is 96.0 cm³/mol. The van der Waals surface area contributed by atoms with E-state index in [0.29, 0.717) is 28.8 Å². The summed E-state index contributed by atoms with van der Waals surface area (Å²) in [7, 11) is 0. The van der Waals surface area contributed by atoms with E-state index in [1.807, 2.05) is 0 Å². The zero-order chi connectivity index (χ0) is 19.0. The van der Waals surface area contributed by atoms with Crippen molar-refractivity contribution >= 4 is 29.0 Å². The second kappa shape index (κ2) is 7.16. The third-order valence-electron chi connectivity index (χ3n) is 4.37. The number of phenols is 1. The minimum Gasteiger partial charge on any atom is -0.504 e. The molecule has 4 rings (SSSR count). The lowest BCUT2D eigenvalue weighted by atomic mass is 10.0. The molecule has 1 N–H and O–H groups in total. The lowest BCUT2D eigenvalue weighted by molar-refractivity contribution is -0.189. The highest BCUT2D eigenvalue weighted by atomic mass is 35.5. The fourth-order valence-electron chi connectivity index (χ4n) is 2.99. The molecule has 0 aliphatic carbocycles. The summed E-state index contributed by atoms with van der Waals surface area (Å²) in [5.41, 5.74) is 0.704. The molecule has 0 atom stereocenters. The number of carbonyl (C=O) groups is 1. The second-order valence-corrected chi connectivity index (χ2v) is 6.97. The van der Waals surface area contributed by atoms with Crippen molar-refractivity contribution in [2.24, 2.45) is 0 Å². The van der Waals surface area contributed by atoms with Gasteiger partial charge in [-0.1, -0.05) is 23.2 Å². The Morgan fingerprint density at radius 1 is 1.07 bits per heavy atom. The van der Waals surface area contributed by atoms with Gasteiger partial charge in [-0.05, 0) is 12.1 Å². The minimum atomic E-state index is -1.05. The first-order valence-corrected chi connectivity index (χ1v) is 8.95. The number of nitrogens with zero attached hydrogens (tertiary/aromatic N) is 1. The van der Waals surface area contributed by atoms with Gasteiger partial charge in [0, 0.05) is 24.4 Å². The molecule has 2 aliphatic rings. The van der Waals surface area contributed by atoms with Crippen molar-refractivity contribution < 1.29 is 28.8 Å². The number of benzene rings is 1. The Morgan fingerprint density at radius 2 is 1.70 bits per heavy atom. The first-order chi connectivity index (χ1) is 13.0. The number of aromatic hydroxyl groups is 1. The molecular weight excluding hydrogens is 397 g/mol. The van der Waals surface area contributed by atoms with E-state index < -0.39 is 5.79 Å². The molecule has 1 aromatic carbocycles. The maximum Gasteiger partial charge on any atom is 0.238 e. The zero-order valence-corrected chi connectivity index (χ0v) is 15.5. The highest BCUT2D eigenvalue weighted by Gasteiger charge is 2.42. The number of hydrogen-bond donors (Lipinski definition) is 1. The van der Waals surface area contributed by atoms with Gasteiger partial charge in [0.2, 0.25) is 11.5 Å². The molecule has 1 saturated heterocycles. The van der Waals surface area contributed by atoms with E-state index in [4.69, 9.17) is 42.1 Å². The molecule has 7 nitrogen and oxygen atoms in total. The van der Waals surface area contributed by atoms with Gasteiger partial charge in [0.1, 0.15) is 13.2 Å². The van der Waals surface area contributed by atoms with Crippen LogP contribution < -0.4 is 9.47 Å². The van der Waals surface area contributed by atoms with Crippen LogP contribution in [0.15, 0.2) is 24.5 Å². The van der Waals surface area contributed by atoms with Crippen LogP contribution in [0, 0.1) is 0 Å². The summed E-state index contributed by atoms with van der Waals surface area (Å²) < 4.78 is 22.6. The molecule has 3 heterocycles. The van der Waals surface area contributed by atoms with Gasteiger partial charge in [-0.2, -0.15) is 0 Å². The van der Waals surface area contributed by atoms with Crippen LogP contribution in [0.1, 0.15) is 15.9 Å². The van der Waals surface area contributed by atoms with E-state index in [-0.39, 0.29) is 48.2 Å². The number of halogens is 2. The zero-order valence-electron chi connectivity index (χ0n) is 14.0. The average molecular weight is 412 g/mol. The number of ketones is 1. The SMILES string of the molecule is O=C(Cc1c(Cl)cncc1Cl)c1ccc(O)c2c1OCC1(CO2)OCCO1. The van der Waals surface area contributed by atoms with Gasteiger partial charge in [0.15, 0.2) is 17.3 Å². The van der Waals surface area contributed by atoms with Crippen LogP contribution in [0.3, 0.4) is 0 Å². The third kappa shape index (κ3) is 3.43. The molecule has 0 radical (unpaired) electrons. The van der Waals surface area contributed by atoms with E-state index in [0.717, 1.165) is 0 Å². The Morgan fingerprint density at radius 3 is 2.37 bits per heavy atom. The molecule has 1 spiro atoms. The van der Waals surface area contributed by atoms with Crippen LogP contribution in [0.5, 0.6) is 17.2 Å². The lowest BCUT2D eigenvalue weighted by Crippen LogP contribution is -2.42. The fraction of sp³-hybridized carbons (Fsp3) is 0.333. The number of ether oxygens (including phenoxy) is 4. The smallest absolute Gasteiger partial charge is 0.238 e. The van der Waals surface area contributed by atoms with E-state index >= 15 is 0 Å². The first kappa shape index (κ1) is 18.3. The molecule has 2 aromatic rings. The van der Waals surface area contributed by atoms with Crippen molar-refractivity contribution in [3.63, 3.8) is 0 Å². The number of aromatic nitrogens is 1. The molecule has 0 saturated carbocycles. The van der Waals surface area contributed by atoms with E-state index in [9.17, 15) is 9.90 Å². The monoisotopic (exact) mass is 411 g/mol. The van der Waals surface area contributed by atoms with Gasteiger partial charge in [0.05, 0.1) is 28.8 Å². The number of carbonyl (C=O) groups excluding carboxylic acids is 1. The van der Waals surface area contributed by atoms with Crippen LogP contribution in [-0.4, -0.2) is 48.1 Å². The summed E-state index contributed by atoms with van der Waals surface area (Å²) in [6.07, 6.45) is 2.79. The number of hydrogen-bond acceptors (Lipinski definition) is 7. The quantitative estimate of drug-likeness (QED) is 0.776. The number of rotatable bonds is 3. The fourth-order valence-corrected chi connectivity index (χ4v) is 3.49. The molecule has 1 aromatic heterocycles. The van der Waals surface area contributed by atoms with Crippen LogP contribution >= 0.6 is 23.2 Å². The molecule has 27 heavy (non-hydrogen) atoms. The van der Waals surface area contributed by atoms with Crippen LogP contribution in [0.4, 0.5) is 0 Å². The maximum absolute atomic E-state index is 12.9. The molecule has 1 fully saturated rings. The second-order valence-electron chi connectivity index (χ2n) is 6.16. The molecule has 142 valence electrons. The van der Waals surface area contributed by atoms with Crippen molar-refractivity contribution in [1.82, 2.24) is 4.98 Å². The maximum atomic E-state index is 12.9. The van der Waals surface area contributed by atoms with Gasteiger partial charge in [0.25, 0.3) is 0 Å². The van der Waals surface area contributed by atoms with E-state index in [2.05, 4.69) is 4.98 Å². The summed E-state index contributed by atoms with van der Waals surface area (Å²) in [6.45, 7) is 0.896. The Balaban J connectivity index is 1.66. The van der Waals surface area contributed by atoms with Crippen molar-refractivity contribution in [1.29, 1.82) is 0 Å².